The molecule has 2 aromatic rings. The molecule has 0 radical (unpaired) electrons. The first-order valence-electron chi connectivity index (χ1n) is 6.25. The summed E-state index contributed by atoms with van der Waals surface area (Å²) < 4.78 is 28.8. The number of fused-ring (bicyclic) bond motifs is 1. The number of nitrogens with zero attached hydrogens (tertiary/aromatic N) is 3. The number of hydrogen-bond donors (Lipinski definition) is 1. The van der Waals surface area contributed by atoms with E-state index in [-0.39, 0.29) is 12.5 Å². The second kappa shape index (κ2) is 4.70. The SMILES string of the molecule is CC1NCCn2c(Cc3cccc(F)c3F)nnc21. The minimum atomic E-state index is -0.828. The van der Waals surface area contributed by atoms with Gasteiger partial charge in [-0.3, -0.25) is 0 Å². The van der Waals surface area contributed by atoms with Gasteiger partial charge in [-0.2, -0.15) is 0 Å². The van der Waals surface area contributed by atoms with Gasteiger partial charge >= 0.3 is 0 Å². The molecule has 0 saturated heterocycles. The molecule has 0 bridgehead atoms. The Bertz CT molecular complexity index is 609. The molecule has 6 heteroatoms. The number of halogens is 2. The van der Waals surface area contributed by atoms with Crippen molar-refractivity contribution in [3.63, 3.8) is 0 Å². The third kappa shape index (κ3) is 2.12. The lowest BCUT2D eigenvalue weighted by atomic mass is 10.1. The predicted molar refractivity (Wildman–Crippen MR) is 65.6 cm³/mol. The Morgan fingerprint density at radius 3 is 3.05 bits per heavy atom. The van der Waals surface area contributed by atoms with E-state index in [0.29, 0.717) is 11.4 Å². The fraction of sp³-hybridized carbons (Fsp3) is 0.385. The van der Waals surface area contributed by atoms with Gasteiger partial charge in [-0.05, 0) is 18.6 Å². The van der Waals surface area contributed by atoms with E-state index in [4.69, 9.17) is 0 Å². The summed E-state index contributed by atoms with van der Waals surface area (Å²) in [6.45, 7) is 3.58. The van der Waals surface area contributed by atoms with E-state index in [2.05, 4.69) is 15.5 Å². The quantitative estimate of drug-likeness (QED) is 0.899. The summed E-state index contributed by atoms with van der Waals surface area (Å²) in [5.74, 6) is -0.112. The first-order chi connectivity index (χ1) is 9.16. The summed E-state index contributed by atoms with van der Waals surface area (Å²) in [5.41, 5.74) is 0.307. The predicted octanol–water partition coefficient (Wildman–Crippen LogP) is 1.81. The minimum Gasteiger partial charge on any atom is -0.312 e. The lowest BCUT2D eigenvalue weighted by molar-refractivity contribution is 0.430. The molecule has 1 aliphatic rings. The van der Waals surface area contributed by atoms with Crippen molar-refractivity contribution in [1.82, 2.24) is 20.1 Å². The van der Waals surface area contributed by atoms with Crippen molar-refractivity contribution in [2.24, 2.45) is 0 Å². The normalized spacial score (nSPS) is 18.4. The van der Waals surface area contributed by atoms with Crippen LogP contribution in [0.1, 0.15) is 30.2 Å². The van der Waals surface area contributed by atoms with Gasteiger partial charge in [-0.25, -0.2) is 8.78 Å². The monoisotopic (exact) mass is 264 g/mol. The Kier molecular flexibility index (Phi) is 3.02. The summed E-state index contributed by atoms with van der Waals surface area (Å²) in [6.07, 6.45) is 0.253. The molecular weight excluding hydrogens is 250 g/mol. The van der Waals surface area contributed by atoms with E-state index in [1.54, 1.807) is 6.07 Å². The van der Waals surface area contributed by atoms with E-state index in [0.717, 1.165) is 25.0 Å². The minimum absolute atomic E-state index is 0.132. The molecule has 100 valence electrons. The molecule has 0 amide bonds. The van der Waals surface area contributed by atoms with Gasteiger partial charge in [0.15, 0.2) is 11.6 Å². The van der Waals surface area contributed by atoms with Crippen molar-refractivity contribution in [1.29, 1.82) is 0 Å². The van der Waals surface area contributed by atoms with E-state index in [9.17, 15) is 8.78 Å². The van der Waals surface area contributed by atoms with Crippen molar-refractivity contribution in [2.45, 2.75) is 25.9 Å². The number of hydrogen-bond acceptors (Lipinski definition) is 3. The fourth-order valence-electron chi connectivity index (χ4n) is 2.38. The molecule has 0 saturated carbocycles. The third-order valence-electron chi connectivity index (χ3n) is 3.41. The highest BCUT2D eigenvalue weighted by Crippen LogP contribution is 2.19. The summed E-state index contributed by atoms with van der Waals surface area (Å²) in [6, 6.07) is 4.33. The smallest absolute Gasteiger partial charge is 0.162 e. The molecular formula is C13H14F2N4. The van der Waals surface area contributed by atoms with E-state index in [1.807, 2.05) is 11.5 Å². The maximum absolute atomic E-state index is 13.7. The van der Waals surface area contributed by atoms with Crippen LogP contribution in [0.4, 0.5) is 8.78 Å². The fourth-order valence-corrected chi connectivity index (χ4v) is 2.38. The number of rotatable bonds is 2. The Labute approximate surface area is 109 Å². The van der Waals surface area contributed by atoms with Crippen LogP contribution >= 0.6 is 0 Å². The van der Waals surface area contributed by atoms with Crippen LogP contribution in [0.25, 0.3) is 0 Å². The number of nitrogens with one attached hydrogen (secondary N) is 1. The van der Waals surface area contributed by atoms with Crippen molar-refractivity contribution < 1.29 is 8.78 Å². The highest BCUT2D eigenvalue weighted by molar-refractivity contribution is 5.23. The van der Waals surface area contributed by atoms with Crippen molar-refractivity contribution in [3.8, 4) is 0 Å². The molecule has 0 spiro atoms. The Morgan fingerprint density at radius 1 is 1.37 bits per heavy atom. The van der Waals surface area contributed by atoms with Gasteiger partial charge in [0.05, 0.1) is 6.04 Å². The van der Waals surface area contributed by atoms with E-state index < -0.39 is 11.6 Å². The van der Waals surface area contributed by atoms with Crippen molar-refractivity contribution in [3.05, 3.63) is 47.0 Å². The van der Waals surface area contributed by atoms with Gasteiger partial charge in [-0.1, -0.05) is 12.1 Å². The zero-order chi connectivity index (χ0) is 13.4. The molecule has 4 nitrogen and oxygen atoms in total. The standard InChI is InChI=1S/C13H14F2N4/c1-8-13-18-17-11(19(13)6-5-16-8)7-9-3-2-4-10(14)12(9)15/h2-4,8,16H,5-7H2,1H3. The highest BCUT2D eigenvalue weighted by atomic mass is 19.2. The first-order valence-corrected chi connectivity index (χ1v) is 6.25. The number of benzene rings is 1. The van der Waals surface area contributed by atoms with Crippen LogP contribution in [0.15, 0.2) is 18.2 Å². The van der Waals surface area contributed by atoms with Crippen LogP contribution in [0.5, 0.6) is 0 Å². The van der Waals surface area contributed by atoms with E-state index in [1.165, 1.54) is 6.07 Å². The van der Waals surface area contributed by atoms with Gasteiger partial charge in [0.2, 0.25) is 0 Å². The average Bonchev–Trinajstić information content (AvgIpc) is 2.80. The van der Waals surface area contributed by atoms with Crippen LogP contribution < -0.4 is 5.32 Å². The van der Waals surface area contributed by atoms with Crippen LogP contribution in [-0.2, 0) is 13.0 Å². The van der Waals surface area contributed by atoms with Crippen molar-refractivity contribution >= 4 is 0 Å². The van der Waals surface area contributed by atoms with Crippen molar-refractivity contribution in [2.75, 3.05) is 6.54 Å². The summed E-state index contributed by atoms with van der Waals surface area (Å²) in [4.78, 5) is 0. The first kappa shape index (κ1) is 12.2. The van der Waals surface area contributed by atoms with Gasteiger partial charge in [-0.15, -0.1) is 10.2 Å². The van der Waals surface area contributed by atoms with Crippen LogP contribution in [0.2, 0.25) is 0 Å². The van der Waals surface area contributed by atoms with Gasteiger partial charge < -0.3 is 9.88 Å². The molecule has 1 unspecified atom stereocenters. The molecule has 0 aliphatic carbocycles. The van der Waals surface area contributed by atoms with Gasteiger partial charge in [0.1, 0.15) is 11.6 Å². The second-order valence-electron chi connectivity index (χ2n) is 4.69. The molecule has 1 N–H and O–H groups in total. The zero-order valence-corrected chi connectivity index (χ0v) is 10.5. The van der Waals surface area contributed by atoms with Gasteiger partial charge in [0.25, 0.3) is 0 Å². The molecule has 1 aromatic carbocycles. The second-order valence-corrected chi connectivity index (χ2v) is 4.69. The maximum Gasteiger partial charge on any atom is 0.162 e. The van der Waals surface area contributed by atoms with Gasteiger partial charge in [0, 0.05) is 19.5 Å². The topological polar surface area (TPSA) is 42.7 Å². The Balaban J connectivity index is 1.94. The zero-order valence-electron chi connectivity index (χ0n) is 10.5. The molecule has 2 heterocycles. The molecule has 1 atom stereocenters. The Hall–Kier alpha value is -1.82. The molecule has 0 fully saturated rings. The lowest BCUT2D eigenvalue weighted by Crippen LogP contribution is -2.32. The van der Waals surface area contributed by atoms with Crippen LogP contribution in [0.3, 0.4) is 0 Å². The molecule has 19 heavy (non-hydrogen) atoms. The molecule has 1 aliphatic heterocycles. The summed E-state index contributed by atoms with van der Waals surface area (Å²) in [5, 5.41) is 11.5. The average molecular weight is 264 g/mol. The molecule has 3 rings (SSSR count). The highest BCUT2D eigenvalue weighted by Gasteiger charge is 2.22. The summed E-state index contributed by atoms with van der Waals surface area (Å²) in [7, 11) is 0. The number of aromatic nitrogens is 3. The lowest BCUT2D eigenvalue weighted by Gasteiger charge is -2.21. The summed E-state index contributed by atoms with van der Waals surface area (Å²) >= 11 is 0. The van der Waals surface area contributed by atoms with E-state index >= 15 is 0 Å². The van der Waals surface area contributed by atoms with Crippen LogP contribution in [0, 0.1) is 11.6 Å². The third-order valence-corrected chi connectivity index (χ3v) is 3.41. The largest absolute Gasteiger partial charge is 0.312 e. The Morgan fingerprint density at radius 2 is 2.21 bits per heavy atom. The molecule has 1 aromatic heterocycles. The maximum atomic E-state index is 13.7. The van der Waals surface area contributed by atoms with Crippen LogP contribution in [-0.4, -0.2) is 21.3 Å².